The van der Waals surface area contributed by atoms with E-state index in [1.54, 1.807) is 0 Å². The molecular formula is C12H20F3N5. The number of hydrogen-bond donors (Lipinski definition) is 1. The van der Waals surface area contributed by atoms with Crippen LogP contribution >= 0.6 is 0 Å². The summed E-state index contributed by atoms with van der Waals surface area (Å²) in [6.45, 7) is 7.80. The van der Waals surface area contributed by atoms with E-state index in [2.05, 4.69) is 35.9 Å². The number of halogens is 3. The predicted molar refractivity (Wildman–Crippen MR) is 67.7 cm³/mol. The second-order valence-electron chi connectivity index (χ2n) is 6.18. The van der Waals surface area contributed by atoms with Gasteiger partial charge < -0.3 is 10.3 Å². The molecule has 0 aromatic carbocycles. The highest BCUT2D eigenvalue weighted by Crippen LogP contribution is 2.31. The maximum Gasteiger partial charge on any atom is 0.451 e. The highest BCUT2D eigenvalue weighted by molar-refractivity contribution is 5.03. The van der Waals surface area contributed by atoms with Gasteiger partial charge in [-0.2, -0.15) is 13.2 Å². The van der Waals surface area contributed by atoms with Crippen molar-refractivity contribution in [2.24, 2.45) is 11.1 Å². The Bertz CT molecular complexity index is 474. The summed E-state index contributed by atoms with van der Waals surface area (Å²) in [5.41, 5.74) is 5.78. The highest BCUT2D eigenvalue weighted by Gasteiger charge is 2.40. The monoisotopic (exact) mass is 291 g/mol. The molecule has 0 amide bonds. The minimum atomic E-state index is -4.45. The Hall–Kier alpha value is -1.15. The molecule has 0 saturated carbocycles. The first-order valence-electron chi connectivity index (χ1n) is 6.58. The average molecular weight is 291 g/mol. The zero-order valence-corrected chi connectivity index (χ0v) is 11.9. The van der Waals surface area contributed by atoms with Crippen LogP contribution in [0.2, 0.25) is 0 Å². The minimum absolute atomic E-state index is 0.0379. The molecular weight excluding hydrogens is 271 g/mol. The molecule has 0 bridgehead atoms. The lowest BCUT2D eigenvalue weighted by Gasteiger charge is -2.41. The van der Waals surface area contributed by atoms with Crippen LogP contribution in [0.3, 0.4) is 0 Å². The number of fused-ring (bicyclic) bond motifs is 1. The Balaban J connectivity index is 2.23. The third-order valence-electron chi connectivity index (χ3n) is 3.70. The van der Waals surface area contributed by atoms with Crippen LogP contribution in [0.25, 0.3) is 0 Å². The average Bonchev–Trinajstić information content (AvgIpc) is 2.70. The van der Waals surface area contributed by atoms with Crippen molar-refractivity contribution in [2.45, 2.75) is 46.1 Å². The van der Waals surface area contributed by atoms with Gasteiger partial charge in [-0.05, 0) is 5.41 Å². The van der Waals surface area contributed by atoms with Crippen molar-refractivity contribution in [1.82, 2.24) is 19.7 Å². The molecule has 0 saturated heterocycles. The van der Waals surface area contributed by atoms with E-state index in [-0.39, 0.29) is 18.0 Å². The summed E-state index contributed by atoms with van der Waals surface area (Å²) in [6, 6.07) is 0.0993. The lowest BCUT2D eigenvalue weighted by molar-refractivity contribution is -0.148. The van der Waals surface area contributed by atoms with E-state index in [0.717, 1.165) is 4.57 Å². The Labute approximate surface area is 115 Å². The smallest absolute Gasteiger partial charge is 0.329 e. The van der Waals surface area contributed by atoms with Gasteiger partial charge in [-0.15, -0.1) is 10.2 Å². The van der Waals surface area contributed by atoms with E-state index in [4.69, 9.17) is 5.73 Å². The van der Waals surface area contributed by atoms with Gasteiger partial charge in [0.1, 0.15) is 5.82 Å². The first-order valence-corrected chi connectivity index (χ1v) is 6.58. The molecule has 1 aliphatic heterocycles. The molecule has 5 nitrogen and oxygen atoms in total. The molecule has 2 heterocycles. The number of alkyl halides is 3. The van der Waals surface area contributed by atoms with Gasteiger partial charge in [0.2, 0.25) is 5.82 Å². The number of rotatable bonds is 2. The van der Waals surface area contributed by atoms with Gasteiger partial charge in [0.15, 0.2) is 0 Å². The first-order chi connectivity index (χ1) is 9.14. The van der Waals surface area contributed by atoms with Crippen LogP contribution in [0.15, 0.2) is 0 Å². The zero-order valence-electron chi connectivity index (χ0n) is 11.9. The van der Waals surface area contributed by atoms with Crippen LogP contribution in [0.4, 0.5) is 13.2 Å². The maximum absolute atomic E-state index is 12.8. The van der Waals surface area contributed by atoms with Crippen LogP contribution in [0, 0.1) is 5.41 Å². The summed E-state index contributed by atoms with van der Waals surface area (Å²) in [4.78, 5) is 2.09. The molecule has 1 aromatic heterocycles. The Morgan fingerprint density at radius 3 is 2.35 bits per heavy atom. The van der Waals surface area contributed by atoms with E-state index >= 15 is 0 Å². The molecule has 1 unspecified atom stereocenters. The van der Waals surface area contributed by atoms with Crippen molar-refractivity contribution >= 4 is 0 Å². The Morgan fingerprint density at radius 2 is 1.85 bits per heavy atom. The first kappa shape index (κ1) is 15.2. The van der Waals surface area contributed by atoms with Gasteiger partial charge >= 0.3 is 6.18 Å². The maximum atomic E-state index is 12.8. The number of aromatic nitrogens is 3. The van der Waals surface area contributed by atoms with Crippen LogP contribution in [0.5, 0.6) is 0 Å². The number of nitrogens with two attached hydrogens (primary N) is 1. The molecule has 0 radical (unpaired) electrons. The summed E-state index contributed by atoms with van der Waals surface area (Å²) < 4.78 is 39.4. The molecule has 2 N–H and O–H groups in total. The van der Waals surface area contributed by atoms with Crippen molar-refractivity contribution in [1.29, 1.82) is 0 Å². The van der Waals surface area contributed by atoms with Gasteiger partial charge in [0, 0.05) is 25.7 Å². The van der Waals surface area contributed by atoms with Crippen molar-refractivity contribution < 1.29 is 13.2 Å². The highest BCUT2D eigenvalue weighted by atomic mass is 19.4. The van der Waals surface area contributed by atoms with E-state index < -0.39 is 12.0 Å². The van der Waals surface area contributed by atoms with Crippen molar-refractivity contribution in [3.63, 3.8) is 0 Å². The molecule has 0 fully saturated rings. The zero-order chi connectivity index (χ0) is 15.1. The van der Waals surface area contributed by atoms with E-state index in [1.807, 2.05) is 0 Å². The largest absolute Gasteiger partial charge is 0.451 e. The fourth-order valence-electron chi connectivity index (χ4n) is 2.70. The van der Waals surface area contributed by atoms with E-state index in [9.17, 15) is 13.2 Å². The normalized spacial score (nSPS) is 18.9. The standard InChI is InChI=1S/C12H20F3N5/c1-11(2,3)8(6-16)19-4-5-20-9(7-19)17-18-10(20)12(13,14)15/h8H,4-7,16H2,1-3H3. The van der Waals surface area contributed by atoms with Crippen molar-refractivity contribution in [3.05, 3.63) is 11.6 Å². The molecule has 1 aliphatic rings. The lowest BCUT2D eigenvalue weighted by Crippen LogP contribution is -2.51. The third kappa shape index (κ3) is 2.80. The topological polar surface area (TPSA) is 60.0 Å². The fourth-order valence-corrected chi connectivity index (χ4v) is 2.70. The number of nitrogens with zero attached hydrogens (tertiary/aromatic N) is 4. The van der Waals surface area contributed by atoms with E-state index in [0.29, 0.717) is 25.5 Å². The quantitative estimate of drug-likeness (QED) is 0.897. The summed E-state index contributed by atoms with van der Waals surface area (Å²) in [5.74, 6) is -0.557. The predicted octanol–water partition coefficient (Wildman–Crippen LogP) is 1.49. The molecule has 1 aromatic rings. The number of hydrogen-bond acceptors (Lipinski definition) is 4. The fraction of sp³-hybridized carbons (Fsp3) is 0.833. The Morgan fingerprint density at radius 1 is 1.20 bits per heavy atom. The molecule has 114 valence electrons. The Kier molecular flexibility index (Phi) is 3.81. The lowest BCUT2D eigenvalue weighted by atomic mass is 9.85. The molecule has 1 atom stereocenters. The third-order valence-corrected chi connectivity index (χ3v) is 3.70. The van der Waals surface area contributed by atoms with Gasteiger partial charge in [-0.1, -0.05) is 20.8 Å². The van der Waals surface area contributed by atoms with Crippen molar-refractivity contribution in [2.75, 3.05) is 13.1 Å². The second kappa shape index (κ2) is 5.00. The van der Waals surface area contributed by atoms with Gasteiger partial charge in [-0.3, -0.25) is 4.90 Å². The molecule has 20 heavy (non-hydrogen) atoms. The van der Waals surface area contributed by atoms with Crippen LogP contribution < -0.4 is 5.73 Å². The van der Waals surface area contributed by atoms with Crippen LogP contribution in [-0.4, -0.2) is 38.8 Å². The van der Waals surface area contributed by atoms with Crippen molar-refractivity contribution in [3.8, 4) is 0 Å². The van der Waals surface area contributed by atoms with E-state index in [1.165, 1.54) is 0 Å². The summed E-state index contributed by atoms with van der Waals surface area (Å²) in [7, 11) is 0. The second-order valence-corrected chi connectivity index (χ2v) is 6.18. The minimum Gasteiger partial charge on any atom is -0.329 e. The van der Waals surface area contributed by atoms with Gasteiger partial charge in [0.05, 0.1) is 6.54 Å². The summed E-state index contributed by atoms with van der Waals surface area (Å²) in [5, 5.41) is 6.96. The molecule has 8 heteroatoms. The molecule has 0 spiro atoms. The van der Waals surface area contributed by atoms with Gasteiger partial charge in [-0.25, -0.2) is 0 Å². The van der Waals surface area contributed by atoms with Gasteiger partial charge in [0.25, 0.3) is 0 Å². The van der Waals surface area contributed by atoms with Crippen LogP contribution in [0.1, 0.15) is 32.4 Å². The SMILES string of the molecule is CC(C)(C)C(CN)N1CCn2c(nnc2C(F)(F)F)C1. The molecule has 2 rings (SSSR count). The summed E-state index contributed by atoms with van der Waals surface area (Å²) in [6.07, 6.45) is -4.45. The molecule has 0 aliphatic carbocycles. The summed E-state index contributed by atoms with van der Waals surface area (Å²) >= 11 is 0. The van der Waals surface area contributed by atoms with Crippen LogP contribution in [-0.2, 0) is 19.3 Å².